The zero-order valence-corrected chi connectivity index (χ0v) is 14.9. The monoisotopic (exact) mass is 359 g/mol. The molecule has 1 aromatic heterocycles. The number of nitrogens with one attached hydrogen (secondary N) is 1. The van der Waals surface area contributed by atoms with Crippen molar-refractivity contribution in [2.45, 2.75) is 30.7 Å². The fraction of sp³-hybridized carbons (Fsp3) is 0.222. The van der Waals surface area contributed by atoms with Gasteiger partial charge in [0.1, 0.15) is 0 Å². The van der Waals surface area contributed by atoms with E-state index in [1.54, 1.807) is 0 Å². The van der Waals surface area contributed by atoms with Gasteiger partial charge in [-0.3, -0.25) is 0 Å². The van der Waals surface area contributed by atoms with Crippen molar-refractivity contribution in [2.24, 2.45) is 0 Å². The molecule has 0 bridgehead atoms. The van der Waals surface area contributed by atoms with Crippen molar-refractivity contribution in [3.05, 3.63) is 58.1 Å². The topological polar surface area (TPSA) is 68.8 Å². The minimum Gasteiger partial charge on any atom is -0.549 e. The molecule has 124 valence electrons. The van der Waals surface area contributed by atoms with E-state index in [1.807, 2.05) is 50.2 Å². The summed E-state index contributed by atoms with van der Waals surface area (Å²) in [5, 5.41) is 11.9. The lowest BCUT2D eigenvalue weighted by molar-refractivity contribution is -0.304. The molecule has 2 aromatic carbocycles. The Morgan fingerprint density at radius 1 is 1.25 bits per heavy atom. The first-order valence-corrected chi connectivity index (χ1v) is 8.77. The van der Waals surface area contributed by atoms with Crippen molar-refractivity contribution in [3.8, 4) is 0 Å². The summed E-state index contributed by atoms with van der Waals surface area (Å²) in [5.74, 6) is -1.13. The minimum atomic E-state index is -1.13. The number of hydrogen-bond donors (Lipinski definition) is 1. The second-order valence-corrected chi connectivity index (χ2v) is 7.39. The normalized spacial score (nSPS) is 12.5. The number of carboxylic acid groups (broad SMARTS) is 1. The van der Waals surface area contributed by atoms with Crippen molar-refractivity contribution in [1.82, 2.24) is 9.97 Å². The number of fused-ring (bicyclic) bond motifs is 1. The van der Waals surface area contributed by atoms with Gasteiger partial charge in [0.05, 0.1) is 22.3 Å². The second kappa shape index (κ2) is 6.87. The summed E-state index contributed by atoms with van der Waals surface area (Å²) >= 11 is 7.37. The summed E-state index contributed by atoms with van der Waals surface area (Å²) in [5.41, 5.74) is 4.65. The van der Waals surface area contributed by atoms with Gasteiger partial charge < -0.3 is 14.9 Å². The lowest BCUT2D eigenvalue weighted by Gasteiger charge is -2.17. The summed E-state index contributed by atoms with van der Waals surface area (Å²) in [6.07, 6.45) is 0.280. The van der Waals surface area contributed by atoms with Gasteiger partial charge in [-0.25, -0.2) is 4.98 Å². The third kappa shape index (κ3) is 3.74. The maximum absolute atomic E-state index is 11.5. The molecular formula is C18H16ClN2O2S-. The molecule has 0 radical (unpaired) electrons. The number of halogens is 1. The number of aryl methyl sites for hydroxylation is 2. The molecule has 1 heterocycles. The molecule has 0 amide bonds. The molecule has 0 aliphatic carbocycles. The number of aliphatic carboxylic acids is 1. The summed E-state index contributed by atoms with van der Waals surface area (Å²) in [6, 6.07) is 11.5. The number of carbonyl (C=O) groups is 1. The van der Waals surface area contributed by atoms with Gasteiger partial charge in [0.2, 0.25) is 0 Å². The number of rotatable bonds is 5. The predicted octanol–water partition coefficient (Wildman–Crippen LogP) is 3.29. The summed E-state index contributed by atoms with van der Waals surface area (Å²) in [6.45, 7) is 3.94. The van der Waals surface area contributed by atoms with Gasteiger partial charge in [-0.15, -0.1) is 0 Å². The third-order valence-electron chi connectivity index (χ3n) is 3.75. The van der Waals surface area contributed by atoms with Gasteiger partial charge >= 0.3 is 0 Å². The molecule has 0 aliphatic heterocycles. The maximum atomic E-state index is 11.5. The van der Waals surface area contributed by atoms with E-state index in [9.17, 15) is 9.90 Å². The first-order valence-electron chi connectivity index (χ1n) is 7.51. The fourth-order valence-electron chi connectivity index (χ4n) is 2.48. The van der Waals surface area contributed by atoms with Crippen LogP contribution in [0.25, 0.3) is 11.0 Å². The van der Waals surface area contributed by atoms with Crippen LogP contribution in [0.5, 0.6) is 0 Å². The molecule has 4 nitrogen and oxygen atoms in total. The fourth-order valence-corrected chi connectivity index (χ4v) is 3.74. The molecule has 1 atom stereocenters. The number of H-pyrrole nitrogens is 1. The van der Waals surface area contributed by atoms with Crippen LogP contribution in [-0.2, 0) is 11.2 Å². The SMILES string of the molecule is Cc1ccc(C[C@H](Sc2nc3ccc(C)cc3[nH]2)C(=O)[O-])c(Cl)c1. The van der Waals surface area contributed by atoms with Crippen LogP contribution in [-0.4, -0.2) is 21.2 Å². The van der Waals surface area contributed by atoms with E-state index in [0.29, 0.717) is 10.2 Å². The van der Waals surface area contributed by atoms with Crippen molar-refractivity contribution in [1.29, 1.82) is 0 Å². The van der Waals surface area contributed by atoms with Crippen LogP contribution in [0.15, 0.2) is 41.6 Å². The molecule has 24 heavy (non-hydrogen) atoms. The second-order valence-electron chi connectivity index (χ2n) is 5.79. The van der Waals surface area contributed by atoms with Crippen molar-refractivity contribution < 1.29 is 9.90 Å². The van der Waals surface area contributed by atoms with E-state index in [4.69, 9.17) is 11.6 Å². The third-order valence-corrected chi connectivity index (χ3v) is 5.16. The van der Waals surface area contributed by atoms with Gasteiger partial charge in [0.15, 0.2) is 5.16 Å². The van der Waals surface area contributed by atoms with Crippen LogP contribution in [0.1, 0.15) is 16.7 Å². The van der Waals surface area contributed by atoms with Crippen molar-refractivity contribution in [3.63, 3.8) is 0 Å². The van der Waals surface area contributed by atoms with Gasteiger partial charge in [-0.2, -0.15) is 0 Å². The molecule has 3 rings (SSSR count). The lowest BCUT2D eigenvalue weighted by Crippen LogP contribution is -2.35. The Balaban J connectivity index is 1.83. The summed E-state index contributed by atoms with van der Waals surface area (Å²) in [7, 11) is 0. The Kier molecular flexibility index (Phi) is 4.83. The molecule has 0 unspecified atom stereocenters. The molecule has 0 spiro atoms. The van der Waals surface area contributed by atoms with Crippen LogP contribution < -0.4 is 5.11 Å². The molecule has 0 saturated heterocycles. The van der Waals surface area contributed by atoms with Crippen LogP contribution >= 0.6 is 23.4 Å². The molecule has 0 aliphatic rings. The van der Waals surface area contributed by atoms with Crippen LogP contribution in [0.4, 0.5) is 0 Å². The number of imidazole rings is 1. The molecule has 6 heteroatoms. The average Bonchev–Trinajstić information content (AvgIpc) is 2.90. The number of thioether (sulfide) groups is 1. The number of carbonyl (C=O) groups excluding carboxylic acids is 1. The first-order chi connectivity index (χ1) is 11.4. The number of aromatic amines is 1. The number of benzene rings is 2. The quantitative estimate of drug-likeness (QED) is 0.710. The predicted molar refractivity (Wildman–Crippen MR) is 95.4 cm³/mol. The van der Waals surface area contributed by atoms with E-state index in [1.165, 1.54) is 0 Å². The smallest absolute Gasteiger partial charge is 0.167 e. The number of hydrogen-bond acceptors (Lipinski definition) is 4. The highest BCUT2D eigenvalue weighted by Crippen LogP contribution is 2.28. The van der Waals surface area contributed by atoms with Crippen molar-refractivity contribution in [2.75, 3.05) is 0 Å². The van der Waals surface area contributed by atoms with E-state index in [2.05, 4.69) is 9.97 Å². The molecule has 1 N–H and O–H groups in total. The average molecular weight is 360 g/mol. The standard InChI is InChI=1S/C18H17ClN2O2S/c1-10-3-5-12(13(19)7-10)9-16(17(22)23)24-18-20-14-6-4-11(2)8-15(14)21-18/h3-8,16H,9H2,1-2H3,(H,20,21)(H,22,23)/p-1/t16-/m0/s1. The summed E-state index contributed by atoms with van der Waals surface area (Å²) < 4.78 is 0. The summed E-state index contributed by atoms with van der Waals surface area (Å²) in [4.78, 5) is 19.1. The largest absolute Gasteiger partial charge is 0.549 e. The van der Waals surface area contributed by atoms with E-state index >= 15 is 0 Å². The van der Waals surface area contributed by atoms with E-state index in [-0.39, 0.29) is 6.42 Å². The van der Waals surface area contributed by atoms with Crippen LogP contribution in [0.3, 0.4) is 0 Å². The molecular weight excluding hydrogens is 344 g/mol. The lowest BCUT2D eigenvalue weighted by atomic mass is 10.1. The van der Waals surface area contributed by atoms with Gasteiger partial charge in [-0.05, 0) is 55.2 Å². The number of aromatic nitrogens is 2. The first kappa shape index (κ1) is 16.9. The molecule has 0 saturated carbocycles. The van der Waals surface area contributed by atoms with Crippen LogP contribution in [0.2, 0.25) is 5.02 Å². The highest BCUT2D eigenvalue weighted by Gasteiger charge is 2.17. The number of nitrogens with zero attached hydrogens (tertiary/aromatic N) is 1. The Morgan fingerprint density at radius 3 is 2.67 bits per heavy atom. The zero-order valence-electron chi connectivity index (χ0n) is 13.3. The van der Waals surface area contributed by atoms with Crippen LogP contribution in [0, 0.1) is 13.8 Å². The number of carboxylic acids is 1. The highest BCUT2D eigenvalue weighted by molar-refractivity contribution is 8.00. The molecule has 3 aromatic rings. The van der Waals surface area contributed by atoms with Gasteiger partial charge in [0.25, 0.3) is 0 Å². The highest BCUT2D eigenvalue weighted by atomic mass is 35.5. The Morgan fingerprint density at radius 2 is 1.96 bits per heavy atom. The maximum Gasteiger partial charge on any atom is 0.167 e. The van der Waals surface area contributed by atoms with E-state index in [0.717, 1.165) is 39.5 Å². The molecule has 0 fully saturated rings. The Bertz CT molecular complexity index is 907. The van der Waals surface area contributed by atoms with Gasteiger partial charge in [-0.1, -0.05) is 41.6 Å². The van der Waals surface area contributed by atoms with Crippen molar-refractivity contribution >= 4 is 40.4 Å². The minimum absolute atomic E-state index is 0.280. The zero-order chi connectivity index (χ0) is 17.3. The van der Waals surface area contributed by atoms with Gasteiger partial charge in [0, 0.05) is 5.02 Å². The Hall–Kier alpha value is -1.98. The van der Waals surface area contributed by atoms with E-state index < -0.39 is 11.2 Å². The Labute approximate surface area is 149 Å².